The highest BCUT2D eigenvalue weighted by molar-refractivity contribution is 9.10. The Morgan fingerprint density at radius 1 is 1.30 bits per heavy atom. The highest BCUT2D eigenvalue weighted by Gasteiger charge is 2.14. The molecule has 1 amide bonds. The number of nitrogens with one attached hydrogen (secondary N) is 1. The summed E-state index contributed by atoms with van der Waals surface area (Å²) in [4.78, 5) is 12.4. The lowest BCUT2D eigenvalue weighted by Crippen LogP contribution is -2.16. The molecular weight excluding hydrogens is 320 g/mol. The summed E-state index contributed by atoms with van der Waals surface area (Å²) in [6.45, 7) is 1.85. The second-order valence-electron chi connectivity index (χ2n) is 4.34. The van der Waals surface area contributed by atoms with Crippen LogP contribution in [0, 0.1) is 6.92 Å². The molecule has 2 aromatic carbocycles. The van der Waals surface area contributed by atoms with E-state index in [9.17, 15) is 4.79 Å². The monoisotopic (exact) mass is 334 g/mol. The summed E-state index contributed by atoms with van der Waals surface area (Å²) < 4.78 is 6.08. The molecule has 0 spiro atoms. The molecule has 0 aliphatic heterocycles. The molecule has 0 aliphatic carbocycles. The van der Waals surface area contributed by atoms with Gasteiger partial charge < -0.3 is 15.8 Å². The van der Waals surface area contributed by atoms with E-state index in [4.69, 9.17) is 10.5 Å². The smallest absolute Gasteiger partial charge is 0.258 e. The third-order valence-electron chi connectivity index (χ3n) is 2.94. The van der Waals surface area contributed by atoms with Gasteiger partial charge in [-0.3, -0.25) is 4.79 Å². The minimum Gasteiger partial charge on any atom is -0.495 e. The molecule has 2 aromatic rings. The summed E-state index contributed by atoms with van der Waals surface area (Å²) in [6, 6.07) is 10.8. The fraction of sp³-hybridized carbons (Fsp3) is 0.133. The number of carbonyl (C=O) groups excluding carboxylic acids is 1. The topological polar surface area (TPSA) is 64.3 Å². The second-order valence-corrected chi connectivity index (χ2v) is 5.25. The number of nitrogens with two attached hydrogens (primary N) is 1. The maximum absolute atomic E-state index is 12.4. The van der Waals surface area contributed by atoms with Crippen LogP contribution in [-0.4, -0.2) is 13.0 Å². The lowest BCUT2D eigenvalue weighted by molar-refractivity contribution is 0.102. The van der Waals surface area contributed by atoms with Crippen molar-refractivity contribution in [2.24, 2.45) is 0 Å². The fourth-order valence-corrected chi connectivity index (χ4v) is 2.32. The van der Waals surface area contributed by atoms with Crippen LogP contribution in [-0.2, 0) is 0 Å². The molecule has 0 bridgehead atoms. The Morgan fingerprint density at radius 2 is 2.05 bits per heavy atom. The first-order chi connectivity index (χ1) is 9.52. The van der Waals surface area contributed by atoms with Crippen molar-refractivity contribution in [3.8, 4) is 5.75 Å². The molecule has 20 heavy (non-hydrogen) atoms. The lowest BCUT2D eigenvalue weighted by Gasteiger charge is -2.13. The molecule has 0 aliphatic rings. The predicted molar refractivity (Wildman–Crippen MR) is 84.2 cm³/mol. The number of aryl methyl sites for hydroxylation is 1. The van der Waals surface area contributed by atoms with Crippen LogP contribution in [0.25, 0.3) is 0 Å². The number of amides is 1. The van der Waals surface area contributed by atoms with Crippen LogP contribution in [0.2, 0.25) is 0 Å². The van der Waals surface area contributed by atoms with E-state index in [1.54, 1.807) is 25.3 Å². The SMILES string of the molecule is COc1ccc(Br)cc1NC(=O)c1c(C)cccc1N. The molecule has 2 rings (SSSR count). The normalized spacial score (nSPS) is 10.2. The van der Waals surface area contributed by atoms with Gasteiger partial charge in [0.05, 0.1) is 18.4 Å². The number of ether oxygens (including phenoxy) is 1. The van der Waals surface area contributed by atoms with E-state index in [1.165, 1.54) is 0 Å². The number of nitrogen functional groups attached to an aromatic ring is 1. The zero-order valence-electron chi connectivity index (χ0n) is 11.2. The molecule has 104 valence electrons. The molecule has 5 heteroatoms. The van der Waals surface area contributed by atoms with Crippen LogP contribution in [0.5, 0.6) is 5.75 Å². The second kappa shape index (κ2) is 5.96. The largest absolute Gasteiger partial charge is 0.495 e. The molecule has 0 radical (unpaired) electrons. The van der Waals surface area contributed by atoms with Crippen LogP contribution in [0.3, 0.4) is 0 Å². The Labute approximate surface area is 126 Å². The number of benzene rings is 2. The molecule has 0 aromatic heterocycles. The first kappa shape index (κ1) is 14.4. The van der Waals surface area contributed by atoms with Crippen LogP contribution < -0.4 is 15.8 Å². The van der Waals surface area contributed by atoms with Crippen molar-refractivity contribution in [3.63, 3.8) is 0 Å². The zero-order valence-corrected chi connectivity index (χ0v) is 12.8. The van der Waals surface area contributed by atoms with Gasteiger partial charge in [-0.15, -0.1) is 0 Å². The van der Waals surface area contributed by atoms with Gasteiger partial charge in [-0.2, -0.15) is 0 Å². The Morgan fingerprint density at radius 3 is 2.70 bits per heavy atom. The number of halogens is 1. The van der Waals surface area contributed by atoms with Gasteiger partial charge in [0, 0.05) is 10.2 Å². The average molecular weight is 335 g/mol. The van der Waals surface area contributed by atoms with Gasteiger partial charge in [0.2, 0.25) is 0 Å². The number of hydrogen-bond donors (Lipinski definition) is 2. The Kier molecular flexibility index (Phi) is 4.29. The quantitative estimate of drug-likeness (QED) is 0.843. The summed E-state index contributed by atoms with van der Waals surface area (Å²) >= 11 is 3.37. The Bertz CT molecular complexity index is 636. The molecule has 0 saturated heterocycles. The minimum atomic E-state index is -0.253. The standard InChI is InChI=1S/C15H15BrN2O2/c1-9-4-3-5-11(17)14(9)15(19)18-12-8-10(16)6-7-13(12)20-2/h3-8H,17H2,1-2H3,(H,18,19). The number of rotatable bonds is 3. The molecule has 0 heterocycles. The summed E-state index contributed by atoms with van der Waals surface area (Å²) in [5, 5.41) is 2.83. The van der Waals surface area contributed by atoms with Crippen molar-refractivity contribution in [2.45, 2.75) is 6.92 Å². The minimum absolute atomic E-state index is 0.253. The third-order valence-corrected chi connectivity index (χ3v) is 3.44. The van der Waals surface area contributed by atoms with Crippen LogP contribution in [0.4, 0.5) is 11.4 Å². The third kappa shape index (κ3) is 2.93. The van der Waals surface area contributed by atoms with E-state index in [2.05, 4.69) is 21.2 Å². The first-order valence-electron chi connectivity index (χ1n) is 6.03. The Balaban J connectivity index is 2.35. The predicted octanol–water partition coefficient (Wildman–Crippen LogP) is 3.60. The van der Waals surface area contributed by atoms with E-state index in [0.717, 1.165) is 10.0 Å². The van der Waals surface area contributed by atoms with Crippen LogP contribution in [0.15, 0.2) is 40.9 Å². The van der Waals surface area contributed by atoms with E-state index in [-0.39, 0.29) is 5.91 Å². The maximum atomic E-state index is 12.4. The first-order valence-corrected chi connectivity index (χ1v) is 6.82. The highest BCUT2D eigenvalue weighted by Crippen LogP contribution is 2.29. The summed E-state index contributed by atoms with van der Waals surface area (Å²) in [5.74, 6) is 0.339. The van der Waals surface area contributed by atoms with Gasteiger partial charge in [-0.1, -0.05) is 28.1 Å². The number of hydrogen-bond acceptors (Lipinski definition) is 3. The van der Waals surface area contributed by atoms with Gasteiger partial charge in [0.15, 0.2) is 0 Å². The lowest BCUT2D eigenvalue weighted by atomic mass is 10.1. The van der Waals surface area contributed by atoms with E-state index < -0.39 is 0 Å². The molecule has 4 nitrogen and oxygen atoms in total. The van der Waals surface area contributed by atoms with Crippen molar-refractivity contribution >= 4 is 33.2 Å². The maximum Gasteiger partial charge on any atom is 0.258 e. The van der Waals surface area contributed by atoms with Crippen molar-refractivity contribution < 1.29 is 9.53 Å². The summed E-state index contributed by atoms with van der Waals surface area (Å²) in [6.07, 6.45) is 0. The molecule has 0 saturated carbocycles. The summed E-state index contributed by atoms with van der Waals surface area (Å²) in [7, 11) is 1.56. The van der Waals surface area contributed by atoms with Gasteiger partial charge in [-0.25, -0.2) is 0 Å². The zero-order chi connectivity index (χ0) is 14.7. The van der Waals surface area contributed by atoms with Crippen LogP contribution in [0.1, 0.15) is 15.9 Å². The molecule has 3 N–H and O–H groups in total. The summed E-state index contributed by atoms with van der Waals surface area (Å²) in [5.41, 5.74) is 8.23. The molecular formula is C15H15BrN2O2. The van der Waals surface area contributed by atoms with Gasteiger partial charge in [0.1, 0.15) is 5.75 Å². The molecule has 0 fully saturated rings. The average Bonchev–Trinajstić information content (AvgIpc) is 2.38. The van der Waals surface area contributed by atoms with E-state index in [0.29, 0.717) is 22.7 Å². The highest BCUT2D eigenvalue weighted by atomic mass is 79.9. The van der Waals surface area contributed by atoms with Gasteiger partial charge >= 0.3 is 0 Å². The van der Waals surface area contributed by atoms with Crippen molar-refractivity contribution in [1.29, 1.82) is 0 Å². The van der Waals surface area contributed by atoms with Crippen LogP contribution >= 0.6 is 15.9 Å². The fourth-order valence-electron chi connectivity index (χ4n) is 1.96. The van der Waals surface area contributed by atoms with Crippen molar-refractivity contribution in [2.75, 3.05) is 18.2 Å². The Hall–Kier alpha value is -2.01. The number of methoxy groups -OCH3 is 1. The molecule has 0 atom stereocenters. The molecule has 0 unspecified atom stereocenters. The van der Waals surface area contributed by atoms with Crippen molar-refractivity contribution in [3.05, 3.63) is 52.0 Å². The number of anilines is 2. The number of carbonyl (C=O) groups is 1. The van der Waals surface area contributed by atoms with Gasteiger partial charge in [0.25, 0.3) is 5.91 Å². The van der Waals surface area contributed by atoms with E-state index in [1.807, 2.05) is 25.1 Å². The van der Waals surface area contributed by atoms with E-state index >= 15 is 0 Å². The van der Waals surface area contributed by atoms with Gasteiger partial charge in [-0.05, 0) is 36.8 Å². The van der Waals surface area contributed by atoms with Crippen molar-refractivity contribution in [1.82, 2.24) is 0 Å².